The summed E-state index contributed by atoms with van der Waals surface area (Å²) in [5.74, 6) is -2.50. The average Bonchev–Trinajstić information content (AvgIpc) is 3.00. The van der Waals surface area contributed by atoms with Crippen LogP contribution in [-0.4, -0.2) is 21.5 Å². The van der Waals surface area contributed by atoms with E-state index in [1.807, 2.05) is 37.3 Å². The quantitative estimate of drug-likeness (QED) is 0.653. The Morgan fingerprint density at radius 2 is 2.04 bits per heavy atom. The second-order valence-corrected chi connectivity index (χ2v) is 5.21. The van der Waals surface area contributed by atoms with Crippen LogP contribution >= 0.6 is 0 Å². The normalized spacial score (nSPS) is 12.9. The van der Waals surface area contributed by atoms with Gasteiger partial charge in [-0.05, 0) is 12.0 Å². The number of hydrogen-bond acceptors (Lipinski definition) is 4. The predicted octanol–water partition coefficient (Wildman–Crippen LogP) is 2.01. The third-order valence-electron chi connectivity index (χ3n) is 3.57. The van der Waals surface area contributed by atoms with Crippen LogP contribution in [0.25, 0.3) is 0 Å². The summed E-state index contributed by atoms with van der Waals surface area (Å²) < 4.78 is 1.46. The third-order valence-corrected chi connectivity index (χ3v) is 3.57. The molecule has 2 rings (SSSR count). The smallest absolute Gasteiger partial charge is 0.245 e. The highest BCUT2D eigenvalue weighted by Gasteiger charge is 2.29. The highest BCUT2D eigenvalue weighted by molar-refractivity contribution is 6.11. The van der Waals surface area contributed by atoms with E-state index in [1.54, 1.807) is 13.1 Å². The molecule has 0 fully saturated rings. The molecule has 0 saturated carbocycles. The minimum Gasteiger partial charge on any atom is -0.348 e. The van der Waals surface area contributed by atoms with E-state index in [-0.39, 0.29) is 11.6 Å². The second kappa shape index (κ2) is 7.36. The third kappa shape index (κ3) is 3.83. The van der Waals surface area contributed by atoms with Crippen molar-refractivity contribution in [2.45, 2.75) is 19.4 Å². The van der Waals surface area contributed by atoms with Crippen LogP contribution in [0, 0.1) is 17.2 Å². The van der Waals surface area contributed by atoms with E-state index in [0.717, 1.165) is 5.56 Å². The lowest BCUT2D eigenvalue weighted by atomic mass is 9.98. The van der Waals surface area contributed by atoms with Gasteiger partial charge in [-0.1, -0.05) is 37.3 Å². The summed E-state index contributed by atoms with van der Waals surface area (Å²) in [6, 6.07) is 11.0. The predicted molar refractivity (Wildman–Crippen MR) is 84.3 cm³/mol. The molecule has 2 atom stereocenters. The van der Waals surface area contributed by atoms with Crippen molar-refractivity contribution in [2.75, 3.05) is 0 Å². The van der Waals surface area contributed by atoms with Gasteiger partial charge in [0.1, 0.15) is 0 Å². The Kier molecular flexibility index (Phi) is 5.26. The molecule has 0 spiro atoms. The molecule has 0 aliphatic carbocycles. The van der Waals surface area contributed by atoms with Crippen LogP contribution < -0.4 is 5.32 Å². The number of nitriles is 1. The maximum Gasteiger partial charge on any atom is 0.245 e. The number of nitrogens with one attached hydrogen (secondary N) is 1. The van der Waals surface area contributed by atoms with E-state index in [2.05, 4.69) is 10.4 Å². The molecule has 1 aromatic carbocycles. The summed E-state index contributed by atoms with van der Waals surface area (Å²) in [5, 5.41) is 15.9. The van der Waals surface area contributed by atoms with Crippen molar-refractivity contribution >= 4 is 11.7 Å². The number of carbonyl (C=O) groups excluding carboxylic acids is 2. The highest BCUT2D eigenvalue weighted by atomic mass is 16.2. The number of hydrogen-bond donors (Lipinski definition) is 1. The van der Waals surface area contributed by atoms with Crippen LogP contribution in [0.3, 0.4) is 0 Å². The lowest BCUT2D eigenvalue weighted by Gasteiger charge is -2.18. The van der Waals surface area contributed by atoms with Gasteiger partial charge < -0.3 is 5.32 Å². The van der Waals surface area contributed by atoms with Crippen LogP contribution in [0.15, 0.2) is 42.7 Å². The van der Waals surface area contributed by atoms with E-state index in [1.165, 1.54) is 17.1 Å². The molecule has 0 saturated heterocycles. The monoisotopic (exact) mass is 310 g/mol. The molecule has 1 aromatic heterocycles. The Bertz CT molecular complexity index is 731. The van der Waals surface area contributed by atoms with Crippen LogP contribution in [0.5, 0.6) is 0 Å². The summed E-state index contributed by atoms with van der Waals surface area (Å²) in [6.45, 7) is 1.93. The molecule has 23 heavy (non-hydrogen) atoms. The number of rotatable bonds is 6. The number of Topliss-reactive ketones (excluding diaryl/α,β-unsaturated/α-hetero) is 1. The molecule has 1 N–H and O–H groups in total. The molecule has 0 aliphatic heterocycles. The number of benzene rings is 1. The minimum atomic E-state index is -1.38. The molecule has 0 aliphatic rings. The van der Waals surface area contributed by atoms with Gasteiger partial charge in [-0.2, -0.15) is 10.4 Å². The summed E-state index contributed by atoms with van der Waals surface area (Å²) in [6.07, 6.45) is 3.51. The zero-order chi connectivity index (χ0) is 16.8. The Labute approximate surface area is 134 Å². The number of amides is 1. The molecule has 0 unspecified atom stereocenters. The minimum absolute atomic E-state index is 0.235. The fourth-order valence-corrected chi connectivity index (χ4v) is 2.31. The maximum atomic E-state index is 12.4. The van der Waals surface area contributed by atoms with Gasteiger partial charge >= 0.3 is 0 Å². The van der Waals surface area contributed by atoms with Gasteiger partial charge in [0.2, 0.25) is 5.91 Å². The summed E-state index contributed by atoms with van der Waals surface area (Å²) >= 11 is 0. The van der Waals surface area contributed by atoms with Gasteiger partial charge in [-0.15, -0.1) is 0 Å². The molecular weight excluding hydrogens is 292 g/mol. The van der Waals surface area contributed by atoms with Crippen molar-refractivity contribution in [1.29, 1.82) is 5.26 Å². The largest absolute Gasteiger partial charge is 0.348 e. The highest BCUT2D eigenvalue weighted by Crippen LogP contribution is 2.17. The Hall–Kier alpha value is -2.94. The number of carbonyl (C=O) groups is 2. The van der Waals surface area contributed by atoms with Gasteiger partial charge in [0.15, 0.2) is 11.7 Å². The second-order valence-electron chi connectivity index (χ2n) is 5.21. The van der Waals surface area contributed by atoms with E-state index in [4.69, 9.17) is 0 Å². The Morgan fingerprint density at radius 1 is 1.35 bits per heavy atom. The van der Waals surface area contributed by atoms with Crippen LogP contribution in [0.4, 0.5) is 0 Å². The molecular formula is C17H18N4O2. The first kappa shape index (κ1) is 16.4. The molecule has 6 heteroatoms. The molecule has 0 bridgehead atoms. The zero-order valence-electron chi connectivity index (χ0n) is 13.1. The van der Waals surface area contributed by atoms with E-state index in [9.17, 15) is 14.9 Å². The Morgan fingerprint density at radius 3 is 2.57 bits per heavy atom. The van der Waals surface area contributed by atoms with Crippen molar-refractivity contribution in [3.63, 3.8) is 0 Å². The summed E-state index contributed by atoms with van der Waals surface area (Å²) in [7, 11) is 1.67. The summed E-state index contributed by atoms with van der Waals surface area (Å²) in [5.41, 5.74) is 1.19. The standard InChI is InChI=1S/C17H18N4O2/c1-3-15(12-7-5-4-6-8-12)20-17(23)14(9-18)16(22)13-10-19-21(2)11-13/h4-8,10-11,14-15H,3H2,1-2H3,(H,20,23)/t14-,15-/m1/s1. The number of ketones is 1. The first-order chi connectivity index (χ1) is 11.1. The first-order valence-electron chi connectivity index (χ1n) is 7.34. The van der Waals surface area contributed by atoms with Crippen molar-refractivity contribution in [3.05, 3.63) is 53.9 Å². The molecule has 1 amide bonds. The van der Waals surface area contributed by atoms with E-state index in [0.29, 0.717) is 6.42 Å². The van der Waals surface area contributed by atoms with Crippen molar-refractivity contribution < 1.29 is 9.59 Å². The SMILES string of the molecule is CC[C@@H](NC(=O)[C@H](C#N)C(=O)c1cnn(C)c1)c1ccccc1. The molecule has 0 radical (unpaired) electrons. The van der Waals surface area contributed by atoms with Crippen molar-refractivity contribution in [1.82, 2.24) is 15.1 Å². The fraction of sp³-hybridized carbons (Fsp3) is 0.294. The van der Waals surface area contributed by atoms with Gasteiger partial charge in [0.25, 0.3) is 0 Å². The van der Waals surface area contributed by atoms with Gasteiger partial charge in [-0.3, -0.25) is 14.3 Å². The number of nitrogens with zero attached hydrogens (tertiary/aromatic N) is 3. The lowest BCUT2D eigenvalue weighted by Crippen LogP contribution is -2.37. The van der Waals surface area contributed by atoms with Crippen molar-refractivity contribution in [3.8, 4) is 6.07 Å². The number of aryl methyl sites for hydroxylation is 1. The molecule has 2 aromatic rings. The van der Waals surface area contributed by atoms with Crippen LogP contribution in [0.1, 0.15) is 35.3 Å². The average molecular weight is 310 g/mol. The summed E-state index contributed by atoms with van der Waals surface area (Å²) in [4.78, 5) is 24.7. The van der Waals surface area contributed by atoms with Gasteiger partial charge in [0.05, 0.1) is 23.9 Å². The molecule has 118 valence electrons. The van der Waals surface area contributed by atoms with E-state index < -0.39 is 17.6 Å². The van der Waals surface area contributed by atoms with Crippen molar-refractivity contribution in [2.24, 2.45) is 13.0 Å². The van der Waals surface area contributed by atoms with Gasteiger partial charge in [0, 0.05) is 13.2 Å². The van der Waals surface area contributed by atoms with Crippen LogP contribution in [-0.2, 0) is 11.8 Å². The Balaban J connectivity index is 2.14. The fourth-order valence-electron chi connectivity index (χ4n) is 2.31. The zero-order valence-corrected chi connectivity index (χ0v) is 13.1. The van der Waals surface area contributed by atoms with Gasteiger partial charge in [-0.25, -0.2) is 0 Å². The topological polar surface area (TPSA) is 87.8 Å². The van der Waals surface area contributed by atoms with Crippen LogP contribution in [0.2, 0.25) is 0 Å². The van der Waals surface area contributed by atoms with E-state index >= 15 is 0 Å². The molecule has 1 heterocycles. The first-order valence-corrected chi connectivity index (χ1v) is 7.34. The number of aromatic nitrogens is 2. The lowest BCUT2D eigenvalue weighted by molar-refractivity contribution is -0.123. The maximum absolute atomic E-state index is 12.4. The molecule has 6 nitrogen and oxygen atoms in total.